The van der Waals surface area contributed by atoms with Crippen molar-refractivity contribution in [2.24, 2.45) is 0 Å². The fourth-order valence-electron chi connectivity index (χ4n) is 9.51. The van der Waals surface area contributed by atoms with Gasteiger partial charge >= 0.3 is 0 Å². The number of nitrogens with two attached hydrogens (primary N) is 1. The Hall–Kier alpha value is -6.32. The molecule has 0 radical (unpaired) electrons. The first-order valence-electron chi connectivity index (χ1n) is 26.9. The number of aromatic nitrogens is 9. The highest BCUT2D eigenvalue weighted by molar-refractivity contribution is 6.32. The van der Waals surface area contributed by atoms with E-state index in [2.05, 4.69) is 84.3 Å². The summed E-state index contributed by atoms with van der Waals surface area (Å²) in [5, 5.41) is 15.9. The molecule has 13 rings (SSSR count). The second kappa shape index (κ2) is 28.8. The van der Waals surface area contributed by atoms with E-state index in [1.54, 1.807) is 12.1 Å². The highest BCUT2D eigenvalue weighted by atomic mass is 35.5. The highest BCUT2D eigenvalue weighted by Gasteiger charge is 2.31. The maximum atomic E-state index is 13.5. The fraction of sp³-hybridized carbons (Fsp3) is 0.436. The van der Waals surface area contributed by atoms with Crippen LogP contribution in [0.3, 0.4) is 0 Å². The molecule has 0 aliphatic carbocycles. The van der Waals surface area contributed by atoms with Crippen LogP contribution in [0.15, 0.2) is 85.5 Å². The average Bonchev–Trinajstić information content (AvgIpc) is 4.22. The second-order valence-corrected chi connectivity index (χ2v) is 21.5. The van der Waals surface area contributed by atoms with Gasteiger partial charge in [0, 0.05) is 90.7 Å². The summed E-state index contributed by atoms with van der Waals surface area (Å²) >= 11 is 17.1. The summed E-state index contributed by atoms with van der Waals surface area (Å²) in [6.45, 7) is 24.1. The molecule has 7 aromatic rings. The monoisotopic (exact) mass is 1190 g/mol. The van der Waals surface area contributed by atoms with Gasteiger partial charge in [0.05, 0.1) is 69.1 Å². The van der Waals surface area contributed by atoms with Crippen LogP contribution in [0.2, 0.25) is 15.5 Å². The SMILES string of the molecule is C1CN(C2COC2)CCN1.Cc1cc(Cl)nc(Cl)c1.Cc1cc(Cl)nc(N2CCN(C3COC3)CC2)c1.Cc1cc(Nc2ncn(-c3cc(F)cc(F)c3)n2)nc(N2CCN(C3COC3)CC2)c1.Nc1ncn(-c2cc(F)cc(F)c2)n1. The van der Waals surface area contributed by atoms with E-state index in [1.807, 2.05) is 26.0 Å². The summed E-state index contributed by atoms with van der Waals surface area (Å²) in [4.78, 5) is 32.8. The average molecular weight is 1200 g/mol. The zero-order valence-electron chi connectivity index (χ0n) is 45.8. The first kappa shape index (κ1) is 60.3. The molecule has 0 saturated carbocycles. The molecule has 6 aliphatic heterocycles. The topological polar surface area (TPSA) is 194 Å². The van der Waals surface area contributed by atoms with Crippen LogP contribution in [0.1, 0.15) is 16.7 Å². The molecule has 4 N–H and O–H groups in total. The van der Waals surface area contributed by atoms with Crippen LogP contribution < -0.4 is 26.2 Å². The quantitative estimate of drug-likeness (QED) is 0.0970. The van der Waals surface area contributed by atoms with Crippen LogP contribution in [0.25, 0.3) is 11.4 Å². The van der Waals surface area contributed by atoms with Gasteiger partial charge in [-0.3, -0.25) is 14.7 Å². The minimum absolute atomic E-state index is 0.0506. The number of hydrogen-bond acceptors (Lipinski definition) is 18. The Kier molecular flexibility index (Phi) is 21.2. The lowest BCUT2D eigenvalue weighted by Gasteiger charge is -2.42. The predicted octanol–water partition coefficient (Wildman–Crippen LogP) is 7.19. The number of benzene rings is 2. The number of aryl methyl sites for hydroxylation is 3. The van der Waals surface area contributed by atoms with Gasteiger partial charge in [0.15, 0.2) is 0 Å². The number of piperazine rings is 3. The van der Waals surface area contributed by atoms with Gasteiger partial charge in [-0.05, 0) is 98.1 Å². The molecule has 0 atom stereocenters. The van der Waals surface area contributed by atoms with Crippen molar-refractivity contribution in [3.8, 4) is 11.4 Å². The van der Waals surface area contributed by atoms with Crippen molar-refractivity contribution in [3.63, 3.8) is 0 Å². The number of ether oxygens (including phenoxy) is 3. The maximum absolute atomic E-state index is 13.5. The smallest absolute Gasteiger partial charge is 0.248 e. The van der Waals surface area contributed by atoms with Gasteiger partial charge in [-0.2, -0.15) is 4.98 Å². The van der Waals surface area contributed by atoms with E-state index in [9.17, 15) is 17.6 Å². The Labute approximate surface area is 488 Å². The Morgan fingerprint density at radius 1 is 0.488 bits per heavy atom. The number of halogens is 7. The number of nitrogen functional groups attached to an aromatic ring is 1. The van der Waals surface area contributed by atoms with Crippen molar-refractivity contribution in [2.45, 2.75) is 38.9 Å². The van der Waals surface area contributed by atoms with Gasteiger partial charge in [0.2, 0.25) is 11.9 Å². The second-order valence-electron chi connectivity index (χ2n) is 20.3. The number of rotatable bonds is 9. The molecule has 6 saturated heterocycles. The van der Waals surface area contributed by atoms with Crippen LogP contribution in [-0.4, -0.2) is 195 Å². The van der Waals surface area contributed by atoms with Crippen molar-refractivity contribution in [3.05, 3.63) is 141 Å². The number of pyridine rings is 3. The molecule has 27 heteroatoms. The van der Waals surface area contributed by atoms with E-state index in [1.165, 1.54) is 52.8 Å². The normalized spacial score (nSPS) is 18.0. The largest absolute Gasteiger partial charge is 0.378 e. The van der Waals surface area contributed by atoms with Gasteiger partial charge in [0.1, 0.15) is 68.8 Å². The molecule has 11 heterocycles. The lowest BCUT2D eigenvalue weighted by atomic mass is 10.2. The Morgan fingerprint density at radius 2 is 0.890 bits per heavy atom. The molecule has 0 spiro atoms. The summed E-state index contributed by atoms with van der Waals surface area (Å²) in [6.07, 6.45) is 2.68. The van der Waals surface area contributed by atoms with Crippen LogP contribution in [-0.2, 0) is 14.2 Å². The van der Waals surface area contributed by atoms with Crippen molar-refractivity contribution in [1.82, 2.24) is 64.5 Å². The number of hydrogen-bond donors (Lipinski definition) is 3. The third kappa shape index (κ3) is 17.4. The molecule has 20 nitrogen and oxygen atoms in total. The minimum atomic E-state index is -0.672. The summed E-state index contributed by atoms with van der Waals surface area (Å²) in [7, 11) is 0. The van der Waals surface area contributed by atoms with Gasteiger partial charge in [0.25, 0.3) is 0 Å². The molecule has 6 fully saturated rings. The van der Waals surface area contributed by atoms with Crippen molar-refractivity contribution >= 4 is 64.2 Å². The summed E-state index contributed by atoms with van der Waals surface area (Å²) in [5.41, 5.74) is 9.02. The first-order chi connectivity index (χ1) is 39.5. The summed E-state index contributed by atoms with van der Waals surface area (Å²) in [6, 6.07) is 19.7. The molecule has 82 heavy (non-hydrogen) atoms. The molecule has 5 aromatic heterocycles. The lowest BCUT2D eigenvalue weighted by Crippen LogP contribution is -2.56. The Bertz CT molecular complexity index is 3080. The summed E-state index contributed by atoms with van der Waals surface area (Å²) in [5.74, 6) is 0.183. The molecule has 0 bridgehead atoms. The third-order valence-corrected chi connectivity index (χ3v) is 14.7. The van der Waals surface area contributed by atoms with E-state index >= 15 is 0 Å². The molecule has 438 valence electrons. The van der Waals surface area contributed by atoms with Crippen LogP contribution in [0.5, 0.6) is 0 Å². The number of anilines is 5. The van der Waals surface area contributed by atoms with Crippen molar-refractivity contribution < 1.29 is 31.8 Å². The number of nitrogens with one attached hydrogen (secondary N) is 2. The summed E-state index contributed by atoms with van der Waals surface area (Å²) < 4.78 is 70.7. The van der Waals surface area contributed by atoms with Crippen LogP contribution >= 0.6 is 34.8 Å². The van der Waals surface area contributed by atoms with E-state index in [4.69, 9.17) is 59.7 Å². The first-order valence-corrected chi connectivity index (χ1v) is 28.1. The Morgan fingerprint density at radius 3 is 1.30 bits per heavy atom. The van der Waals surface area contributed by atoms with Gasteiger partial charge < -0.3 is 40.4 Å². The van der Waals surface area contributed by atoms with E-state index in [0.29, 0.717) is 39.3 Å². The van der Waals surface area contributed by atoms with E-state index in [0.717, 1.165) is 158 Å². The van der Waals surface area contributed by atoms with Gasteiger partial charge in [-0.25, -0.2) is 46.9 Å². The molecular formula is C55H66Cl3F4N17O3. The van der Waals surface area contributed by atoms with Crippen LogP contribution in [0, 0.1) is 44.0 Å². The zero-order valence-corrected chi connectivity index (χ0v) is 48.0. The predicted molar refractivity (Wildman–Crippen MR) is 308 cm³/mol. The zero-order chi connectivity index (χ0) is 57.7. The minimum Gasteiger partial charge on any atom is -0.378 e. The van der Waals surface area contributed by atoms with Crippen molar-refractivity contribution in [1.29, 1.82) is 0 Å². The molecule has 6 aliphatic rings. The van der Waals surface area contributed by atoms with Gasteiger partial charge in [-0.1, -0.05) is 34.8 Å². The molecule has 2 aromatic carbocycles. The highest BCUT2D eigenvalue weighted by Crippen LogP contribution is 2.25. The standard InChI is InChI=1S/C21H23F2N7O.C13H18ClN3O.C8H6F2N4.C7H14N2O.C6H5Cl2N/c1-14-6-19(25-20(7-14)29-4-2-28(3-5-29)18-11-31-12-18)26-21-24-13-30(27-21)17-9-15(22)8-16(23)10-17;1-10-6-12(14)15-13(7-10)17-4-2-16(3-5-17)11-8-18-9-11;9-5-1-6(10)3-7(2-5)14-4-12-8(11)13-14;1-3-9(4-2-8-1)7-5-10-6-7;1-4-2-5(7)9-6(8)3-4/h6-10,13,18H,2-5,11-12H2,1H3,(H,25,26,27);6-7,11H,2-5,8-9H2,1H3;1-4H,(H2,11,13);7-8H,1-6H2;2-3H,1H3. The van der Waals surface area contributed by atoms with Crippen LogP contribution in [0.4, 0.5) is 46.9 Å². The Balaban J connectivity index is 0.000000135. The fourth-order valence-corrected chi connectivity index (χ4v) is 10.3. The lowest BCUT2D eigenvalue weighted by molar-refractivity contribution is -0.0677. The van der Waals surface area contributed by atoms with E-state index in [-0.39, 0.29) is 17.3 Å². The van der Waals surface area contributed by atoms with Gasteiger partial charge in [-0.15, -0.1) is 10.2 Å². The van der Waals surface area contributed by atoms with Crippen molar-refractivity contribution in [2.75, 3.05) is 139 Å². The number of nitrogens with zero attached hydrogens (tertiary/aromatic N) is 14. The molecule has 0 amide bonds. The third-order valence-electron chi connectivity index (χ3n) is 14.1. The maximum Gasteiger partial charge on any atom is 0.248 e. The van der Waals surface area contributed by atoms with E-state index < -0.39 is 23.3 Å². The molecular weight excluding hydrogens is 1130 g/mol. The molecule has 0 unspecified atom stereocenters.